The first-order valence-electron chi connectivity index (χ1n) is 7.70. The van der Waals surface area contributed by atoms with Crippen LogP contribution in [0.5, 0.6) is 0 Å². The summed E-state index contributed by atoms with van der Waals surface area (Å²) in [6.07, 6.45) is 5.53. The number of hydrogen-bond donors (Lipinski definition) is 3. The number of carbonyl (C=O) groups is 2. The maximum Gasteiger partial charge on any atom is 0.222 e. The Morgan fingerprint density at radius 1 is 1.10 bits per heavy atom. The predicted octanol–water partition coefficient (Wildman–Crippen LogP) is 1.35. The van der Waals surface area contributed by atoms with Crippen molar-refractivity contribution in [2.45, 2.75) is 64.4 Å². The van der Waals surface area contributed by atoms with Gasteiger partial charge in [-0.3, -0.25) is 9.59 Å². The highest BCUT2D eigenvalue weighted by Gasteiger charge is 2.31. The Kier molecular flexibility index (Phi) is 6.99. The summed E-state index contributed by atoms with van der Waals surface area (Å²) in [4.78, 5) is 23.1. The summed E-state index contributed by atoms with van der Waals surface area (Å²) < 4.78 is 0. The van der Waals surface area contributed by atoms with E-state index >= 15 is 0 Å². The molecule has 5 nitrogen and oxygen atoms in total. The van der Waals surface area contributed by atoms with Crippen molar-refractivity contribution in [3.05, 3.63) is 0 Å². The van der Waals surface area contributed by atoms with Crippen LogP contribution in [0.25, 0.3) is 0 Å². The van der Waals surface area contributed by atoms with E-state index in [2.05, 4.69) is 10.6 Å². The summed E-state index contributed by atoms with van der Waals surface area (Å²) in [5.74, 6) is -0.0671. The van der Waals surface area contributed by atoms with Crippen LogP contribution >= 0.6 is 0 Å². The fourth-order valence-electron chi connectivity index (χ4n) is 2.48. The number of carbonyl (C=O) groups excluding carboxylic acids is 2. The van der Waals surface area contributed by atoms with Crippen LogP contribution in [-0.4, -0.2) is 35.6 Å². The molecule has 2 amide bonds. The third-order valence-electron chi connectivity index (χ3n) is 3.77. The minimum absolute atomic E-state index is 0.00913. The van der Waals surface area contributed by atoms with Gasteiger partial charge < -0.3 is 15.7 Å². The highest BCUT2D eigenvalue weighted by atomic mass is 16.3. The van der Waals surface area contributed by atoms with Gasteiger partial charge in [-0.15, -0.1) is 0 Å². The van der Waals surface area contributed by atoms with Crippen molar-refractivity contribution in [2.75, 3.05) is 13.1 Å². The van der Waals surface area contributed by atoms with Crippen LogP contribution in [0, 0.1) is 5.92 Å². The van der Waals surface area contributed by atoms with Crippen molar-refractivity contribution in [1.29, 1.82) is 0 Å². The van der Waals surface area contributed by atoms with Crippen molar-refractivity contribution in [1.82, 2.24) is 10.6 Å². The van der Waals surface area contributed by atoms with E-state index in [1.165, 1.54) is 0 Å². The Labute approximate surface area is 121 Å². The normalized spacial score (nSPS) is 17.8. The van der Waals surface area contributed by atoms with Gasteiger partial charge in [-0.25, -0.2) is 0 Å². The van der Waals surface area contributed by atoms with Gasteiger partial charge in [-0.2, -0.15) is 0 Å². The first-order valence-corrected chi connectivity index (χ1v) is 7.70. The summed E-state index contributed by atoms with van der Waals surface area (Å²) in [5, 5.41) is 15.9. The molecule has 1 fully saturated rings. The summed E-state index contributed by atoms with van der Waals surface area (Å²) in [6, 6.07) is 0. The van der Waals surface area contributed by atoms with Gasteiger partial charge in [0.05, 0.1) is 12.0 Å². The second kappa shape index (κ2) is 8.25. The second-order valence-corrected chi connectivity index (χ2v) is 6.11. The molecule has 0 aromatic heterocycles. The zero-order chi connectivity index (χ0) is 15.0. The average Bonchev–Trinajstić information content (AvgIpc) is 2.38. The zero-order valence-corrected chi connectivity index (χ0v) is 12.7. The maximum absolute atomic E-state index is 11.8. The van der Waals surface area contributed by atoms with Crippen LogP contribution in [-0.2, 0) is 9.59 Å². The molecule has 0 aromatic rings. The van der Waals surface area contributed by atoms with Gasteiger partial charge in [0.2, 0.25) is 11.8 Å². The van der Waals surface area contributed by atoms with E-state index in [0.29, 0.717) is 19.5 Å². The van der Waals surface area contributed by atoms with Gasteiger partial charge in [-0.1, -0.05) is 33.1 Å². The molecule has 116 valence electrons. The number of rotatable bonds is 7. The van der Waals surface area contributed by atoms with Crippen LogP contribution in [0.1, 0.15) is 58.8 Å². The lowest BCUT2D eigenvalue weighted by Crippen LogP contribution is -2.39. The SMILES string of the molecule is CC(C)C(=O)NCCCNC(=O)CC1(O)CCCCC1. The molecule has 0 saturated heterocycles. The van der Waals surface area contributed by atoms with E-state index in [1.807, 2.05) is 13.8 Å². The van der Waals surface area contributed by atoms with Crippen LogP contribution in [0.2, 0.25) is 0 Å². The molecular weight excluding hydrogens is 256 g/mol. The molecule has 0 unspecified atom stereocenters. The third-order valence-corrected chi connectivity index (χ3v) is 3.77. The first kappa shape index (κ1) is 17.0. The van der Waals surface area contributed by atoms with Gasteiger partial charge in [0, 0.05) is 19.0 Å². The predicted molar refractivity (Wildman–Crippen MR) is 78.1 cm³/mol. The summed E-state index contributed by atoms with van der Waals surface area (Å²) in [5.41, 5.74) is -0.797. The highest BCUT2D eigenvalue weighted by Crippen LogP contribution is 2.30. The molecule has 20 heavy (non-hydrogen) atoms. The van der Waals surface area contributed by atoms with Gasteiger partial charge in [0.15, 0.2) is 0 Å². The lowest BCUT2D eigenvalue weighted by molar-refractivity contribution is -0.127. The largest absolute Gasteiger partial charge is 0.389 e. The molecule has 0 bridgehead atoms. The van der Waals surface area contributed by atoms with Crippen LogP contribution in [0.4, 0.5) is 0 Å². The van der Waals surface area contributed by atoms with E-state index in [9.17, 15) is 14.7 Å². The standard InChI is InChI=1S/C15H28N2O3/c1-12(2)14(19)17-10-6-9-16-13(18)11-15(20)7-4-3-5-8-15/h12,20H,3-11H2,1-2H3,(H,16,18)(H,17,19). The molecule has 5 heteroatoms. The van der Waals surface area contributed by atoms with E-state index in [4.69, 9.17) is 0 Å². The molecular formula is C15H28N2O3. The van der Waals surface area contributed by atoms with E-state index in [-0.39, 0.29) is 24.2 Å². The fourth-order valence-corrected chi connectivity index (χ4v) is 2.48. The lowest BCUT2D eigenvalue weighted by Gasteiger charge is -2.31. The number of amides is 2. The van der Waals surface area contributed by atoms with Gasteiger partial charge in [-0.05, 0) is 19.3 Å². The molecule has 3 N–H and O–H groups in total. The molecule has 0 atom stereocenters. The third kappa shape index (κ3) is 6.37. The molecule has 1 saturated carbocycles. The molecule has 1 aliphatic carbocycles. The Bertz CT molecular complexity index is 323. The van der Waals surface area contributed by atoms with E-state index in [0.717, 1.165) is 32.1 Å². The smallest absolute Gasteiger partial charge is 0.222 e. The monoisotopic (exact) mass is 284 g/mol. The first-order chi connectivity index (χ1) is 9.43. The number of hydrogen-bond acceptors (Lipinski definition) is 3. The number of aliphatic hydroxyl groups is 1. The fraction of sp³-hybridized carbons (Fsp3) is 0.867. The molecule has 0 aromatic carbocycles. The molecule has 1 rings (SSSR count). The lowest BCUT2D eigenvalue weighted by atomic mass is 9.82. The Hall–Kier alpha value is -1.10. The summed E-state index contributed by atoms with van der Waals surface area (Å²) >= 11 is 0. The van der Waals surface area contributed by atoms with Gasteiger partial charge in [0.1, 0.15) is 0 Å². The minimum Gasteiger partial charge on any atom is -0.389 e. The van der Waals surface area contributed by atoms with Crippen molar-refractivity contribution in [3.8, 4) is 0 Å². The Balaban J connectivity index is 2.09. The van der Waals surface area contributed by atoms with E-state index < -0.39 is 5.60 Å². The highest BCUT2D eigenvalue weighted by molar-refractivity contribution is 5.78. The van der Waals surface area contributed by atoms with Crippen LogP contribution in [0.3, 0.4) is 0 Å². The topological polar surface area (TPSA) is 78.4 Å². The zero-order valence-electron chi connectivity index (χ0n) is 12.7. The van der Waals surface area contributed by atoms with Crippen molar-refractivity contribution >= 4 is 11.8 Å². The van der Waals surface area contributed by atoms with Gasteiger partial charge >= 0.3 is 0 Å². The Morgan fingerprint density at radius 2 is 1.70 bits per heavy atom. The van der Waals surface area contributed by atoms with Crippen molar-refractivity contribution < 1.29 is 14.7 Å². The van der Waals surface area contributed by atoms with Crippen molar-refractivity contribution in [3.63, 3.8) is 0 Å². The quantitative estimate of drug-likeness (QED) is 0.618. The summed E-state index contributed by atoms with van der Waals surface area (Å²) in [7, 11) is 0. The minimum atomic E-state index is -0.797. The molecule has 0 spiro atoms. The molecule has 1 aliphatic rings. The number of nitrogens with one attached hydrogen (secondary N) is 2. The van der Waals surface area contributed by atoms with Crippen molar-refractivity contribution in [2.24, 2.45) is 5.92 Å². The maximum atomic E-state index is 11.8. The Morgan fingerprint density at radius 3 is 2.30 bits per heavy atom. The second-order valence-electron chi connectivity index (χ2n) is 6.11. The van der Waals surface area contributed by atoms with E-state index in [1.54, 1.807) is 0 Å². The van der Waals surface area contributed by atoms with Gasteiger partial charge in [0.25, 0.3) is 0 Å². The molecule has 0 aliphatic heterocycles. The molecule has 0 radical (unpaired) electrons. The van der Waals surface area contributed by atoms with Crippen LogP contribution < -0.4 is 10.6 Å². The van der Waals surface area contributed by atoms with Crippen LogP contribution in [0.15, 0.2) is 0 Å². The summed E-state index contributed by atoms with van der Waals surface area (Å²) in [6.45, 7) is 4.80. The average molecular weight is 284 g/mol. The molecule has 0 heterocycles.